The molecule has 0 saturated heterocycles. The van der Waals surface area contributed by atoms with Crippen LogP contribution in [0.15, 0.2) is 28.5 Å². The van der Waals surface area contributed by atoms with Gasteiger partial charge in [0.15, 0.2) is 0 Å². The molecule has 0 unspecified atom stereocenters. The molecule has 0 aliphatic carbocycles. The summed E-state index contributed by atoms with van der Waals surface area (Å²) in [5, 5.41) is 4.22. The van der Waals surface area contributed by atoms with E-state index in [1.54, 1.807) is 25.2 Å². The molecule has 1 heterocycles. The van der Waals surface area contributed by atoms with E-state index in [-0.39, 0.29) is 4.90 Å². The van der Waals surface area contributed by atoms with E-state index in [4.69, 9.17) is 5.73 Å². The van der Waals surface area contributed by atoms with E-state index in [1.165, 1.54) is 5.41 Å². The van der Waals surface area contributed by atoms with E-state index >= 15 is 0 Å². The van der Waals surface area contributed by atoms with Gasteiger partial charge in [0.1, 0.15) is 4.90 Å². The van der Waals surface area contributed by atoms with E-state index in [9.17, 15) is 8.42 Å². The molecule has 1 aromatic carbocycles. The maximum atomic E-state index is 11.8. The first-order chi connectivity index (χ1) is 7.06. The summed E-state index contributed by atoms with van der Waals surface area (Å²) in [6.45, 7) is 0.523. The van der Waals surface area contributed by atoms with Gasteiger partial charge in [0.25, 0.3) is 0 Å². The molecule has 0 spiro atoms. The first kappa shape index (κ1) is 10.2. The molecule has 0 amide bonds. The second-order valence-electron chi connectivity index (χ2n) is 3.44. The number of anilines is 1. The number of benzene rings is 1. The second-order valence-corrected chi connectivity index (χ2v) is 5.18. The van der Waals surface area contributed by atoms with Crippen LogP contribution in [0.2, 0.25) is 0 Å². The maximum absolute atomic E-state index is 11.8. The Balaban J connectivity index is 2.68. The summed E-state index contributed by atoms with van der Waals surface area (Å²) < 4.78 is 23.5. The fourth-order valence-electron chi connectivity index (χ4n) is 1.76. The van der Waals surface area contributed by atoms with Gasteiger partial charge in [0.05, 0.1) is 5.69 Å². The smallest absolute Gasteiger partial charge is 0.202 e. The van der Waals surface area contributed by atoms with Crippen molar-refractivity contribution in [2.75, 3.05) is 19.3 Å². The highest BCUT2D eigenvalue weighted by Crippen LogP contribution is 2.36. The highest BCUT2D eigenvalue weighted by Gasteiger charge is 2.28. The van der Waals surface area contributed by atoms with Crippen molar-refractivity contribution in [3.05, 3.63) is 29.2 Å². The zero-order valence-corrected chi connectivity index (χ0v) is 9.14. The predicted molar refractivity (Wildman–Crippen MR) is 59.9 cm³/mol. The number of hydrogen-bond acceptors (Lipinski definition) is 4. The molecule has 15 heavy (non-hydrogen) atoms. The largest absolute Gasteiger partial charge is 0.398 e. The summed E-state index contributed by atoms with van der Waals surface area (Å²) in [7, 11) is -1.56. The Kier molecular flexibility index (Phi) is 2.28. The average Bonchev–Trinajstić information content (AvgIpc) is 2.40. The Morgan fingerprint density at radius 1 is 1.40 bits per heavy atom. The number of likely N-dealkylation sites (N-methyl/N-ethyl adjacent to an activating group) is 1. The molecular weight excluding hydrogens is 212 g/mol. The lowest BCUT2D eigenvalue weighted by Crippen LogP contribution is -2.08. The normalized spacial score (nSPS) is 17.3. The maximum Gasteiger partial charge on any atom is 0.202 e. The highest BCUT2D eigenvalue weighted by molar-refractivity contribution is 7.95. The van der Waals surface area contributed by atoms with E-state index in [0.717, 1.165) is 5.57 Å². The molecule has 1 aliphatic rings. The molecule has 0 fully saturated rings. The third kappa shape index (κ3) is 1.53. The summed E-state index contributed by atoms with van der Waals surface area (Å²) in [5.41, 5.74) is 7.46. The van der Waals surface area contributed by atoms with Crippen LogP contribution in [-0.2, 0) is 9.84 Å². The summed E-state index contributed by atoms with van der Waals surface area (Å²) >= 11 is 0. The molecule has 1 aromatic rings. The molecule has 0 bridgehead atoms. The lowest BCUT2D eigenvalue weighted by Gasteiger charge is -2.05. The van der Waals surface area contributed by atoms with E-state index in [1.807, 2.05) is 0 Å². The van der Waals surface area contributed by atoms with E-state index in [2.05, 4.69) is 5.32 Å². The SMILES string of the molecule is CNCC1=CS(=O)(=O)c2c(N)cccc21. The Bertz CT molecular complexity index is 532. The lowest BCUT2D eigenvalue weighted by atomic mass is 10.1. The number of nitrogens with one attached hydrogen (secondary N) is 1. The minimum atomic E-state index is -3.33. The third-order valence-electron chi connectivity index (χ3n) is 2.34. The number of fused-ring (bicyclic) bond motifs is 1. The summed E-state index contributed by atoms with van der Waals surface area (Å²) in [6.07, 6.45) is 0. The van der Waals surface area contributed by atoms with Crippen LogP contribution >= 0.6 is 0 Å². The van der Waals surface area contributed by atoms with Gasteiger partial charge in [-0.15, -0.1) is 0 Å². The van der Waals surface area contributed by atoms with Crippen molar-refractivity contribution in [1.82, 2.24) is 5.32 Å². The van der Waals surface area contributed by atoms with Gasteiger partial charge >= 0.3 is 0 Å². The van der Waals surface area contributed by atoms with Gasteiger partial charge in [-0.05, 0) is 18.7 Å². The molecule has 80 valence electrons. The first-order valence-electron chi connectivity index (χ1n) is 4.55. The molecular formula is C10H12N2O2S. The topological polar surface area (TPSA) is 72.2 Å². The van der Waals surface area contributed by atoms with Gasteiger partial charge in [0.2, 0.25) is 9.84 Å². The zero-order valence-electron chi connectivity index (χ0n) is 8.32. The zero-order chi connectivity index (χ0) is 11.1. The molecule has 2 rings (SSSR count). The van der Waals surface area contributed by atoms with Crippen molar-refractivity contribution in [1.29, 1.82) is 0 Å². The van der Waals surface area contributed by atoms with Crippen molar-refractivity contribution in [3.8, 4) is 0 Å². The fraction of sp³-hybridized carbons (Fsp3) is 0.200. The van der Waals surface area contributed by atoms with Gasteiger partial charge in [-0.2, -0.15) is 0 Å². The van der Waals surface area contributed by atoms with Crippen molar-refractivity contribution in [3.63, 3.8) is 0 Å². The minimum Gasteiger partial charge on any atom is -0.398 e. The standard InChI is InChI=1S/C10H12N2O2S/c1-12-5-7-6-15(13,14)10-8(7)3-2-4-9(10)11/h2-4,6,12H,5,11H2,1H3. The van der Waals surface area contributed by atoms with Crippen LogP contribution < -0.4 is 11.1 Å². The van der Waals surface area contributed by atoms with Crippen molar-refractivity contribution >= 4 is 21.1 Å². The van der Waals surface area contributed by atoms with Crippen LogP contribution in [0.1, 0.15) is 5.56 Å². The van der Waals surface area contributed by atoms with Crippen LogP contribution in [-0.4, -0.2) is 22.0 Å². The molecule has 3 N–H and O–H groups in total. The molecule has 0 radical (unpaired) electrons. The first-order valence-corrected chi connectivity index (χ1v) is 6.10. The Morgan fingerprint density at radius 2 is 2.13 bits per heavy atom. The minimum absolute atomic E-state index is 0.246. The second kappa shape index (κ2) is 3.36. The van der Waals surface area contributed by atoms with Crippen LogP contribution in [0.3, 0.4) is 0 Å². The monoisotopic (exact) mass is 224 g/mol. The molecule has 5 heteroatoms. The van der Waals surface area contributed by atoms with E-state index in [0.29, 0.717) is 17.8 Å². The molecule has 0 saturated carbocycles. The van der Waals surface area contributed by atoms with Crippen LogP contribution in [0.4, 0.5) is 5.69 Å². The number of sulfone groups is 1. The van der Waals surface area contributed by atoms with Crippen molar-refractivity contribution < 1.29 is 8.42 Å². The quantitative estimate of drug-likeness (QED) is 0.722. The molecule has 0 aromatic heterocycles. The van der Waals surface area contributed by atoms with Crippen LogP contribution in [0.25, 0.3) is 5.57 Å². The van der Waals surface area contributed by atoms with Gasteiger partial charge in [0, 0.05) is 17.5 Å². The predicted octanol–water partition coefficient (Wildman–Crippen LogP) is 0.616. The lowest BCUT2D eigenvalue weighted by molar-refractivity contribution is 0.606. The number of nitrogen functional groups attached to an aromatic ring is 1. The summed E-state index contributed by atoms with van der Waals surface area (Å²) in [6, 6.07) is 5.14. The average molecular weight is 224 g/mol. The molecule has 1 aliphatic heterocycles. The van der Waals surface area contributed by atoms with Gasteiger partial charge in [-0.3, -0.25) is 0 Å². The Labute approximate surface area is 88.7 Å². The van der Waals surface area contributed by atoms with E-state index < -0.39 is 9.84 Å². The van der Waals surface area contributed by atoms with Crippen molar-refractivity contribution in [2.24, 2.45) is 0 Å². The Morgan fingerprint density at radius 3 is 2.80 bits per heavy atom. The van der Waals surface area contributed by atoms with Crippen LogP contribution in [0, 0.1) is 0 Å². The molecule has 0 atom stereocenters. The number of nitrogens with two attached hydrogens (primary N) is 1. The van der Waals surface area contributed by atoms with Gasteiger partial charge in [-0.25, -0.2) is 8.42 Å². The highest BCUT2D eigenvalue weighted by atomic mass is 32.2. The molecule has 4 nitrogen and oxygen atoms in total. The number of hydrogen-bond donors (Lipinski definition) is 2. The summed E-state index contributed by atoms with van der Waals surface area (Å²) in [4.78, 5) is 0.246. The van der Waals surface area contributed by atoms with Gasteiger partial charge in [-0.1, -0.05) is 12.1 Å². The van der Waals surface area contributed by atoms with Crippen molar-refractivity contribution in [2.45, 2.75) is 4.90 Å². The fourth-order valence-corrected chi connectivity index (χ4v) is 3.37. The Hall–Kier alpha value is -1.33. The summed E-state index contributed by atoms with van der Waals surface area (Å²) in [5.74, 6) is 0. The van der Waals surface area contributed by atoms with Crippen LogP contribution in [0.5, 0.6) is 0 Å². The number of rotatable bonds is 2. The third-order valence-corrected chi connectivity index (χ3v) is 3.96. The van der Waals surface area contributed by atoms with Gasteiger partial charge < -0.3 is 11.1 Å².